The predicted molar refractivity (Wildman–Crippen MR) is 185 cm³/mol. The zero-order valence-electron chi connectivity index (χ0n) is 31.9. The first-order valence-electron chi connectivity index (χ1n) is 16.0. The van der Waals surface area contributed by atoms with Crippen molar-refractivity contribution in [1.29, 1.82) is 0 Å². The second-order valence-electron chi connectivity index (χ2n) is 15.6. The average Bonchev–Trinajstić information content (AvgIpc) is 2.93. The molecule has 0 bridgehead atoms. The second-order valence-corrected chi connectivity index (χ2v) is 15.6. The first-order chi connectivity index (χ1) is 21.1. The standard InChI is InChI=1S/2C19H31NO2.Mo.O2.O/c2*1-18(2,3)15-11-14(13-20-9-8-10-22-7)17(21)16(12-15)19(4,5)6;;1-2;/h2*11-13,21H,8-10H2,1-7H3;;;/q;;;2*-2/p-2. The second kappa shape index (κ2) is 22.6. The summed E-state index contributed by atoms with van der Waals surface area (Å²) in [6.45, 7) is 28.2. The van der Waals surface area contributed by atoms with E-state index in [0.717, 1.165) is 24.0 Å². The van der Waals surface area contributed by atoms with Crippen molar-refractivity contribution in [1.82, 2.24) is 0 Å². The summed E-state index contributed by atoms with van der Waals surface area (Å²) in [4.78, 5) is 8.76. The molecule has 0 amide bonds. The smallest absolute Gasteiger partial charge is 0.0479 e. The largest absolute Gasteiger partial charge is 2.00 e. The van der Waals surface area contributed by atoms with Crippen LogP contribution in [0.3, 0.4) is 0 Å². The van der Waals surface area contributed by atoms with E-state index in [4.69, 9.17) is 20.0 Å². The number of rotatable bonds is 10. The molecule has 0 spiro atoms. The molecule has 0 radical (unpaired) electrons. The molecule has 0 saturated carbocycles. The molecule has 0 fully saturated rings. The maximum atomic E-state index is 12.7. The van der Waals surface area contributed by atoms with E-state index in [1.54, 1.807) is 26.6 Å². The van der Waals surface area contributed by atoms with E-state index in [9.17, 15) is 10.2 Å². The van der Waals surface area contributed by atoms with Crippen LogP contribution in [0.15, 0.2) is 34.3 Å². The molecule has 0 aromatic heterocycles. The van der Waals surface area contributed by atoms with Crippen LogP contribution < -0.4 is 20.7 Å². The van der Waals surface area contributed by atoms with Crippen molar-refractivity contribution in [3.05, 3.63) is 57.6 Å². The summed E-state index contributed by atoms with van der Waals surface area (Å²) in [6, 6.07) is 8.09. The van der Waals surface area contributed by atoms with Crippen molar-refractivity contribution < 1.29 is 56.7 Å². The van der Waals surface area contributed by atoms with Crippen molar-refractivity contribution in [2.24, 2.45) is 9.98 Å². The maximum absolute atomic E-state index is 12.7. The number of benzene rings is 2. The van der Waals surface area contributed by atoms with E-state index in [-0.39, 0.29) is 59.7 Å². The van der Waals surface area contributed by atoms with E-state index in [1.165, 1.54) is 11.1 Å². The van der Waals surface area contributed by atoms with Crippen molar-refractivity contribution in [2.75, 3.05) is 40.5 Å². The Balaban J connectivity index is -0.000000771. The minimum Gasteiger partial charge on any atom is -2.00 e. The Kier molecular flexibility index (Phi) is 23.6. The number of ether oxygens (including phenoxy) is 2. The van der Waals surface area contributed by atoms with Crippen molar-refractivity contribution in [3.8, 4) is 11.5 Å². The van der Waals surface area contributed by atoms with Crippen LogP contribution in [0.1, 0.15) is 129 Å². The van der Waals surface area contributed by atoms with Gasteiger partial charge in [0, 0.05) is 74.0 Å². The van der Waals surface area contributed by atoms with Crippen LogP contribution in [0.5, 0.6) is 11.5 Å². The number of hydrogen-bond donors (Lipinski definition) is 0. The molecule has 10 heteroatoms. The number of hydrogen-bond acceptors (Lipinski definition) is 8. The molecule has 2 rings (SSSR count). The monoisotopic (exact) mass is 754 g/mol. The van der Waals surface area contributed by atoms with Crippen LogP contribution in [0.25, 0.3) is 0 Å². The zero-order chi connectivity index (χ0) is 35.9. The minimum absolute atomic E-state index is 0. The first-order valence-corrected chi connectivity index (χ1v) is 16.0. The van der Waals surface area contributed by atoms with Crippen LogP contribution in [-0.4, -0.2) is 53.0 Å². The number of nitrogens with zero attached hydrogens (tertiary/aromatic N) is 2. The van der Waals surface area contributed by atoms with Gasteiger partial charge in [-0.15, -0.1) is 0 Å². The summed E-state index contributed by atoms with van der Waals surface area (Å²) >= 11 is 0. The molecule has 0 heterocycles. The maximum Gasteiger partial charge on any atom is 0.0479 e. The minimum atomic E-state index is -0.170. The molecule has 276 valence electrons. The SMILES string of the molecule is COCCCN=Cc1cc(C(C)(C)C)cc(C(C)(C)C)c1[O-].COCCCN=Cc1cc(C(C)(C)C)cc(C(C)(C)C)c1[O-].[Mo].[O-2].[O-][O-]. The van der Waals surface area contributed by atoms with Gasteiger partial charge in [0.05, 0.1) is 0 Å². The van der Waals surface area contributed by atoms with E-state index < -0.39 is 0 Å². The van der Waals surface area contributed by atoms with Crippen LogP contribution in [0, 0.1) is 0 Å². The zero-order valence-corrected chi connectivity index (χ0v) is 33.9. The van der Waals surface area contributed by atoms with Crippen LogP contribution in [0.4, 0.5) is 0 Å². The molecule has 0 saturated heterocycles. The summed E-state index contributed by atoms with van der Waals surface area (Å²) in [6.07, 6.45) is 5.18. The molecule has 0 atom stereocenters. The quantitative estimate of drug-likeness (QED) is 0.108. The van der Waals surface area contributed by atoms with E-state index in [0.29, 0.717) is 37.4 Å². The van der Waals surface area contributed by atoms with Gasteiger partial charge in [-0.1, -0.05) is 119 Å². The van der Waals surface area contributed by atoms with E-state index in [1.807, 2.05) is 12.1 Å². The van der Waals surface area contributed by atoms with Gasteiger partial charge in [0.25, 0.3) is 0 Å². The summed E-state index contributed by atoms with van der Waals surface area (Å²) < 4.78 is 10.0. The van der Waals surface area contributed by atoms with Crippen molar-refractivity contribution >= 4 is 12.4 Å². The molecule has 0 aliphatic heterocycles. The summed E-state index contributed by atoms with van der Waals surface area (Å²) in [5.74, 6) is 0.187. The Hall–Kier alpha value is -2.13. The molecule has 2 aromatic carbocycles. The number of aliphatic imine (C=N–C) groups is 2. The number of methoxy groups -OCH3 is 2. The van der Waals surface area contributed by atoms with Crippen LogP contribution in [-0.2, 0) is 57.7 Å². The van der Waals surface area contributed by atoms with Gasteiger partial charge < -0.3 is 35.7 Å². The fourth-order valence-corrected chi connectivity index (χ4v) is 4.40. The summed E-state index contributed by atoms with van der Waals surface area (Å²) in [7, 11) is 3.36. The average molecular weight is 753 g/mol. The fraction of sp³-hybridized carbons (Fsp3) is 0.632. The van der Waals surface area contributed by atoms with E-state index in [2.05, 4.69) is 105 Å². The Morgan fingerprint density at radius 2 is 0.854 bits per heavy atom. The molecule has 0 N–H and O–H groups in total. The first kappa shape index (κ1) is 50.2. The van der Waals surface area contributed by atoms with Crippen LogP contribution in [0.2, 0.25) is 0 Å². The third-order valence-corrected chi connectivity index (χ3v) is 7.32. The third-order valence-electron chi connectivity index (χ3n) is 7.32. The Morgan fingerprint density at radius 1 is 0.562 bits per heavy atom. The normalized spacial score (nSPS) is 12.1. The predicted octanol–water partition coefficient (Wildman–Crippen LogP) is 5.12. The molecular weight excluding hydrogens is 692 g/mol. The molecular formula is C38H60MoN2O7-6. The van der Waals surface area contributed by atoms with Gasteiger partial charge in [-0.3, -0.25) is 9.98 Å². The van der Waals surface area contributed by atoms with Gasteiger partial charge >= 0.3 is 0 Å². The summed E-state index contributed by atoms with van der Waals surface area (Å²) in [5.41, 5.74) is 5.12. The van der Waals surface area contributed by atoms with Crippen molar-refractivity contribution in [2.45, 2.75) is 118 Å². The van der Waals surface area contributed by atoms with Gasteiger partial charge in [-0.2, -0.15) is 0 Å². The van der Waals surface area contributed by atoms with Gasteiger partial charge in [0.1, 0.15) is 0 Å². The van der Waals surface area contributed by atoms with Gasteiger partial charge in [-0.05, 0) is 67.9 Å². The van der Waals surface area contributed by atoms with Gasteiger partial charge in [0.2, 0.25) is 0 Å². The molecule has 2 aromatic rings. The van der Waals surface area contributed by atoms with Gasteiger partial charge in [0.15, 0.2) is 0 Å². The molecule has 0 unspecified atom stereocenters. The molecule has 0 aliphatic rings. The van der Waals surface area contributed by atoms with Crippen molar-refractivity contribution in [3.63, 3.8) is 0 Å². The topological polar surface area (TPSA) is 164 Å². The molecule has 48 heavy (non-hydrogen) atoms. The van der Waals surface area contributed by atoms with Gasteiger partial charge in [-0.25, -0.2) is 0 Å². The van der Waals surface area contributed by atoms with E-state index >= 15 is 0 Å². The third kappa shape index (κ3) is 17.5. The Morgan fingerprint density at radius 3 is 1.08 bits per heavy atom. The fourth-order valence-electron chi connectivity index (χ4n) is 4.40. The molecule has 0 aliphatic carbocycles. The van der Waals surface area contributed by atoms with Crippen LogP contribution >= 0.6 is 0 Å². The molecule has 9 nitrogen and oxygen atoms in total. The Bertz CT molecular complexity index is 1150. The summed E-state index contributed by atoms with van der Waals surface area (Å²) in [5, 5.41) is 39.4. The Labute approximate surface area is 305 Å².